The minimum absolute atomic E-state index is 0.0711. The van der Waals surface area contributed by atoms with Gasteiger partial charge in [-0.3, -0.25) is 0 Å². The second-order valence-electron chi connectivity index (χ2n) is 3.12. The van der Waals surface area contributed by atoms with Crippen molar-refractivity contribution in [2.45, 2.75) is 13.3 Å². The van der Waals surface area contributed by atoms with Gasteiger partial charge < -0.3 is 14.9 Å². The number of aliphatic hydroxyl groups excluding tert-OH is 1. The van der Waals surface area contributed by atoms with Gasteiger partial charge >= 0.3 is 12.0 Å². The summed E-state index contributed by atoms with van der Waals surface area (Å²) in [6.45, 7) is 1.33. The molecule has 0 spiro atoms. The fourth-order valence-electron chi connectivity index (χ4n) is 1.10. The predicted octanol–water partition coefficient (Wildman–Crippen LogP) is 0.944. The van der Waals surface area contributed by atoms with Crippen molar-refractivity contribution in [3.63, 3.8) is 0 Å². The normalized spacial score (nSPS) is 11.9. The molecule has 6 nitrogen and oxygen atoms in total. The third-order valence-corrected chi connectivity index (χ3v) is 1.94. The van der Waals surface area contributed by atoms with Crippen molar-refractivity contribution in [1.29, 1.82) is 0 Å². The number of hydrogen-bond acceptors (Lipinski definition) is 5. The van der Waals surface area contributed by atoms with Crippen LogP contribution in [-0.2, 0) is 11.2 Å². The highest BCUT2D eigenvalue weighted by molar-refractivity contribution is 5.87. The van der Waals surface area contributed by atoms with Crippen LogP contribution in [0.5, 0.6) is 6.01 Å². The molecular weight excluding hydrogens is 212 g/mol. The average molecular weight is 224 g/mol. The van der Waals surface area contributed by atoms with E-state index in [0.717, 1.165) is 0 Å². The van der Waals surface area contributed by atoms with Crippen LogP contribution in [0.3, 0.4) is 0 Å². The Kier molecular flexibility index (Phi) is 3.82. The first-order valence-corrected chi connectivity index (χ1v) is 4.51. The van der Waals surface area contributed by atoms with Crippen molar-refractivity contribution in [1.82, 2.24) is 9.97 Å². The molecular formula is C10H12N2O4. The Labute approximate surface area is 92.2 Å². The summed E-state index contributed by atoms with van der Waals surface area (Å²) in [5, 5.41) is 18.0. The molecule has 1 rings (SSSR count). The summed E-state index contributed by atoms with van der Waals surface area (Å²) in [5.41, 5.74) is 0.514. The lowest BCUT2D eigenvalue weighted by Gasteiger charge is -2.04. The summed E-state index contributed by atoms with van der Waals surface area (Å²) >= 11 is 0. The average Bonchev–Trinajstić information content (AvgIpc) is 2.25. The first-order valence-electron chi connectivity index (χ1n) is 4.51. The van der Waals surface area contributed by atoms with E-state index in [-0.39, 0.29) is 23.8 Å². The van der Waals surface area contributed by atoms with Crippen LogP contribution in [0, 0.1) is 0 Å². The van der Waals surface area contributed by atoms with E-state index >= 15 is 0 Å². The molecule has 0 aliphatic rings. The molecule has 0 fully saturated rings. The molecule has 0 amide bonds. The van der Waals surface area contributed by atoms with Crippen LogP contribution < -0.4 is 4.74 Å². The van der Waals surface area contributed by atoms with E-state index in [9.17, 15) is 9.90 Å². The van der Waals surface area contributed by atoms with E-state index in [1.165, 1.54) is 26.4 Å². The molecule has 1 aromatic rings. The summed E-state index contributed by atoms with van der Waals surface area (Å²) < 4.78 is 4.77. The first-order chi connectivity index (χ1) is 7.54. The van der Waals surface area contributed by atoms with Crippen molar-refractivity contribution in [3.05, 3.63) is 29.3 Å². The quantitative estimate of drug-likeness (QED) is 0.584. The number of aliphatic carboxylic acids is 1. The number of carbonyl (C=O) groups is 1. The highest BCUT2D eigenvalue weighted by atomic mass is 16.5. The second-order valence-corrected chi connectivity index (χ2v) is 3.12. The Balaban J connectivity index is 2.87. The molecule has 0 aliphatic heterocycles. The Bertz CT molecular complexity index is 407. The van der Waals surface area contributed by atoms with Gasteiger partial charge in [-0.25, -0.2) is 14.8 Å². The first kappa shape index (κ1) is 12.0. The van der Waals surface area contributed by atoms with Gasteiger partial charge in [0, 0.05) is 18.8 Å². The summed E-state index contributed by atoms with van der Waals surface area (Å²) in [6, 6.07) is 0.213. The number of nitrogens with zero attached hydrogens (tertiary/aromatic N) is 2. The van der Waals surface area contributed by atoms with Crippen LogP contribution >= 0.6 is 0 Å². The molecule has 0 bridgehead atoms. The Hall–Kier alpha value is -2.11. The van der Waals surface area contributed by atoms with Crippen molar-refractivity contribution >= 4 is 5.97 Å². The number of carboxylic acid groups (broad SMARTS) is 1. The van der Waals surface area contributed by atoms with Crippen molar-refractivity contribution in [2.24, 2.45) is 0 Å². The van der Waals surface area contributed by atoms with Crippen LogP contribution in [0.2, 0.25) is 0 Å². The summed E-state index contributed by atoms with van der Waals surface area (Å²) in [7, 11) is 1.44. The summed E-state index contributed by atoms with van der Waals surface area (Å²) in [4.78, 5) is 18.5. The van der Waals surface area contributed by atoms with Crippen LogP contribution in [0.15, 0.2) is 23.7 Å². The van der Waals surface area contributed by atoms with Crippen LogP contribution in [0.4, 0.5) is 0 Å². The SMILES string of the molecule is COc1ncc(CC(C(=O)O)=C(C)O)cn1. The third kappa shape index (κ3) is 2.94. The third-order valence-electron chi connectivity index (χ3n) is 1.94. The summed E-state index contributed by atoms with van der Waals surface area (Å²) in [5.74, 6) is -1.38. The number of aromatic nitrogens is 2. The lowest BCUT2D eigenvalue weighted by Crippen LogP contribution is -2.07. The van der Waals surface area contributed by atoms with Gasteiger partial charge in [0.15, 0.2) is 0 Å². The van der Waals surface area contributed by atoms with Gasteiger partial charge in [0.2, 0.25) is 0 Å². The molecule has 0 unspecified atom stereocenters. The largest absolute Gasteiger partial charge is 0.512 e. The minimum Gasteiger partial charge on any atom is -0.512 e. The van der Waals surface area contributed by atoms with Gasteiger partial charge in [-0.1, -0.05) is 0 Å². The molecule has 86 valence electrons. The highest BCUT2D eigenvalue weighted by Gasteiger charge is 2.12. The van der Waals surface area contributed by atoms with Crippen LogP contribution in [0.1, 0.15) is 12.5 Å². The second kappa shape index (κ2) is 5.11. The monoisotopic (exact) mass is 224 g/mol. The minimum atomic E-state index is -1.16. The maximum Gasteiger partial charge on any atom is 0.335 e. The topological polar surface area (TPSA) is 92.5 Å². The van der Waals surface area contributed by atoms with Crippen molar-refractivity contribution in [2.75, 3.05) is 7.11 Å². The molecule has 0 atom stereocenters. The van der Waals surface area contributed by atoms with Gasteiger partial charge in [0.05, 0.1) is 18.4 Å². The number of rotatable bonds is 4. The molecule has 1 aromatic heterocycles. The van der Waals surface area contributed by atoms with Crippen molar-refractivity contribution in [3.8, 4) is 6.01 Å². The molecule has 0 saturated heterocycles. The standard InChI is InChI=1S/C10H12N2O4/c1-6(13)8(9(14)15)3-7-4-11-10(16-2)12-5-7/h4-5,13H,3H2,1-2H3,(H,14,15). The number of ether oxygens (including phenoxy) is 1. The fourth-order valence-corrected chi connectivity index (χ4v) is 1.10. The lowest BCUT2D eigenvalue weighted by molar-refractivity contribution is -0.132. The Morgan fingerprint density at radius 1 is 1.38 bits per heavy atom. The molecule has 0 aromatic carbocycles. The van der Waals surface area contributed by atoms with Crippen LogP contribution in [0.25, 0.3) is 0 Å². The predicted molar refractivity (Wildman–Crippen MR) is 55.3 cm³/mol. The molecule has 0 radical (unpaired) electrons. The Morgan fingerprint density at radius 3 is 2.31 bits per heavy atom. The molecule has 2 N–H and O–H groups in total. The van der Waals surface area contributed by atoms with Crippen LogP contribution in [-0.4, -0.2) is 33.3 Å². The fraction of sp³-hybridized carbons (Fsp3) is 0.300. The van der Waals surface area contributed by atoms with Gasteiger partial charge in [-0.2, -0.15) is 0 Å². The number of carboxylic acids is 1. The van der Waals surface area contributed by atoms with Crippen molar-refractivity contribution < 1.29 is 19.7 Å². The number of aliphatic hydroxyl groups is 1. The van der Waals surface area contributed by atoms with Gasteiger partial charge in [-0.05, 0) is 12.5 Å². The number of allylic oxidation sites excluding steroid dienone is 1. The zero-order chi connectivity index (χ0) is 12.1. The van der Waals surface area contributed by atoms with Gasteiger partial charge in [0.25, 0.3) is 0 Å². The van der Waals surface area contributed by atoms with E-state index in [1.54, 1.807) is 0 Å². The molecule has 6 heteroatoms. The smallest absolute Gasteiger partial charge is 0.335 e. The maximum atomic E-state index is 10.8. The summed E-state index contributed by atoms with van der Waals surface area (Å²) in [6.07, 6.45) is 2.98. The van der Waals surface area contributed by atoms with E-state index in [2.05, 4.69) is 9.97 Å². The Morgan fingerprint density at radius 2 is 1.94 bits per heavy atom. The zero-order valence-corrected chi connectivity index (χ0v) is 8.97. The zero-order valence-electron chi connectivity index (χ0n) is 8.97. The molecule has 1 heterocycles. The van der Waals surface area contributed by atoms with E-state index in [4.69, 9.17) is 9.84 Å². The lowest BCUT2D eigenvalue weighted by atomic mass is 10.1. The van der Waals surface area contributed by atoms with E-state index in [0.29, 0.717) is 5.56 Å². The van der Waals surface area contributed by atoms with E-state index in [1.807, 2.05) is 0 Å². The highest BCUT2D eigenvalue weighted by Crippen LogP contribution is 2.11. The number of methoxy groups -OCH3 is 1. The molecule has 0 aliphatic carbocycles. The van der Waals surface area contributed by atoms with E-state index < -0.39 is 5.97 Å². The van der Waals surface area contributed by atoms with Gasteiger partial charge in [-0.15, -0.1) is 0 Å². The molecule has 0 saturated carbocycles. The number of hydrogen-bond donors (Lipinski definition) is 2. The maximum absolute atomic E-state index is 10.8. The molecule has 16 heavy (non-hydrogen) atoms. The van der Waals surface area contributed by atoms with Gasteiger partial charge in [0.1, 0.15) is 0 Å².